The van der Waals surface area contributed by atoms with Crippen LogP contribution < -0.4 is 14.8 Å². The van der Waals surface area contributed by atoms with Gasteiger partial charge in [-0.25, -0.2) is 13.1 Å². The van der Waals surface area contributed by atoms with E-state index in [1.807, 2.05) is 0 Å². The molecule has 0 saturated heterocycles. The second kappa shape index (κ2) is 8.42. The fourth-order valence-electron chi connectivity index (χ4n) is 2.58. The number of anilines is 1. The zero-order valence-corrected chi connectivity index (χ0v) is 16.3. The number of amides is 1. The molecule has 1 aliphatic rings. The number of nitrogens with one attached hydrogen (secondary N) is 2. The van der Waals surface area contributed by atoms with E-state index in [9.17, 15) is 13.2 Å². The lowest BCUT2D eigenvalue weighted by Crippen LogP contribution is -2.25. The Morgan fingerprint density at radius 1 is 1.21 bits per heavy atom. The summed E-state index contributed by atoms with van der Waals surface area (Å²) in [6, 6.07) is 13.7. The molecule has 0 spiro atoms. The number of nitrogens with zero attached hydrogens (tertiary/aromatic N) is 1. The van der Waals surface area contributed by atoms with Gasteiger partial charge in [0.25, 0.3) is 5.91 Å². The molecular weight excluding hydrogens is 378 g/mol. The molecule has 3 rings (SSSR count). The summed E-state index contributed by atoms with van der Waals surface area (Å²) in [6.07, 6.45) is 2.06. The van der Waals surface area contributed by atoms with E-state index in [-0.39, 0.29) is 23.5 Å². The molecule has 0 aromatic heterocycles. The third-order valence-electron chi connectivity index (χ3n) is 4.24. The Morgan fingerprint density at radius 2 is 1.93 bits per heavy atom. The van der Waals surface area contributed by atoms with Gasteiger partial charge in [-0.05, 0) is 61.2 Å². The maximum Gasteiger partial charge on any atom is 0.262 e. The van der Waals surface area contributed by atoms with Crippen LogP contribution in [0.2, 0.25) is 0 Å². The largest absolute Gasteiger partial charge is 0.483 e. The molecule has 0 heterocycles. The number of sulfonamides is 1. The molecule has 0 atom stereocenters. The number of rotatable bonds is 8. The number of hydrogen-bond donors (Lipinski definition) is 2. The molecule has 1 amide bonds. The van der Waals surface area contributed by atoms with E-state index < -0.39 is 10.0 Å². The summed E-state index contributed by atoms with van der Waals surface area (Å²) >= 11 is 0. The van der Waals surface area contributed by atoms with Crippen molar-refractivity contribution in [1.82, 2.24) is 4.72 Å². The first kappa shape index (κ1) is 19.9. The summed E-state index contributed by atoms with van der Waals surface area (Å²) in [5.74, 6) is 0.115. The number of carbonyl (C=O) groups is 1. The quantitative estimate of drug-likeness (QED) is 0.709. The lowest BCUT2D eigenvalue weighted by molar-refractivity contribution is -0.118. The van der Waals surface area contributed by atoms with Crippen LogP contribution in [-0.4, -0.2) is 27.0 Å². The van der Waals surface area contributed by atoms with E-state index >= 15 is 0 Å². The Labute approximate surface area is 164 Å². The summed E-state index contributed by atoms with van der Waals surface area (Å²) in [5, 5.41) is 11.4. The van der Waals surface area contributed by atoms with E-state index in [2.05, 4.69) is 16.1 Å². The van der Waals surface area contributed by atoms with E-state index in [1.165, 1.54) is 12.1 Å². The molecular formula is C20H21N3O4S. The van der Waals surface area contributed by atoms with E-state index in [1.54, 1.807) is 37.3 Å². The molecule has 2 N–H and O–H groups in total. The van der Waals surface area contributed by atoms with Crippen molar-refractivity contribution in [3.8, 4) is 11.8 Å². The second-order valence-corrected chi connectivity index (χ2v) is 8.41. The highest BCUT2D eigenvalue weighted by Crippen LogP contribution is 2.25. The molecule has 1 aliphatic carbocycles. The van der Waals surface area contributed by atoms with Crippen LogP contribution in [0.1, 0.15) is 24.0 Å². The van der Waals surface area contributed by atoms with Gasteiger partial charge in [0.1, 0.15) is 5.75 Å². The number of carbonyl (C=O) groups excluding carboxylic acids is 1. The molecule has 7 nitrogen and oxygen atoms in total. The van der Waals surface area contributed by atoms with E-state index in [0.717, 1.165) is 18.4 Å². The Hall–Kier alpha value is -2.89. The Balaban J connectivity index is 1.56. The van der Waals surface area contributed by atoms with Crippen LogP contribution in [0.25, 0.3) is 0 Å². The van der Waals surface area contributed by atoms with Crippen molar-refractivity contribution in [2.45, 2.75) is 37.1 Å². The summed E-state index contributed by atoms with van der Waals surface area (Å²) < 4.78 is 32.6. The summed E-state index contributed by atoms with van der Waals surface area (Å²) in [5.41, 5.74) is 2.12. The molecule has 2 aromatic carbocycles. The van der Waals surface area contributed by atoms with Crippen LogP contribution >= 0.6 is 0 Å². The molecule has 1 saturated carbocycles. The number of aryl methyl sites for hydroxylation is 1. The molecule has 0 unspecified atom stereocenters. The molecule has 8 heteroatoms. The molecule has 1 fully saturated rings. The molecule has 2 aromatic rings. The van der Waals surface area contributed by atoms with Crippen molar-refractivity contribution in [3.63, 3.8) is 0 Å². The summed E-state index contributed by atoms with van der Waals surface area (Å²) in [7, 11) is -3.52. The van der Waals surface area contributed by atoms with Gasteiger partial charge >= 0.3 is 0 Å². The van der Waals surface area contributed by atoms with Gasteiger partial charge in [-0.1, -0.05) is 12.1 Å². The molecule has 0 radical (unpaired) electrons. The summed E-state index contributed by atoms with van der Waals surface area (Å²) in [6.45, 7) is 1.53. The second-order valence-electron chi connectivity index (χ2n) is 6.69. The van der Waals surface area contributed by atoms with Gasteiger partial charge in [0.05, 0.1) is 17.4 Å². The number of hydrogen-bond acceptors (Lipinski definition) is 5. The molecule has 0 bridgehead atoms. The normalized spacial score (nSPS) is 13.6. The smallest absolute Gasteiger partial charge is 0.262 e. The van der Waals surface area contributed by atoms with Gasteiger partial charge in [0.2, 0.25) is 10.0 Å². The minimum Gasteiger partial charge on any atom is -0.483 e. The third kappa shape index (κ3) is 5.31. The van der Waals surface area contributed by atoms with Gasteiger partial charge in [-0.3, -0.25) is 4.79 Å². The lowest BCUT2D eigenvalue weighted by Gasteiger charge is -2.12. The predicted molar refractivity (Wildman–Crippen MR) is 104 cm³/mol. The molecule has 146 valence electrons. The number of ether oxygens (including phenoxy) is 1. The van der Waals surface area contributed by atoms with Crippen molar-refractivity contribution in [3.05, 3.63) is 53.6 Å². The number of nitriles is 1. The van der Waals surface area contributed by atoms with Crippen LogP contribution in [0.4, 0.5) is 5.69 Å². The molecule has 0 aliphatic heterocycles. The van der Waals surface area contributed by atoms with E-state index in [4.69, 9.17) is 10.00 Å². The first-order chi connectivity index (χ1) is 13.4. The van der Waals surface area contributed by atoms with Crippen LogP contribution in [0, 0.1) is 18.3 Å². The SMILES string of the molecule is Cc1cc(S(=O)(=O)NC2CC2)ccc1OCC(=O)Nc1ccc(CC#N)cc1. The lowest BCUT2D eigenvalue weighted by atomic mass is 10.1. The maximum atomic E-state index is 12.2. The highest BCUT2D eigenvalue weighted by molar-refractivity contribution is 7.89. The van der Waals surface area contributed by atoms with Crippen molar-refractivity contribution >= 4 is 21.6 Å². The average molecular weight is 399 g/mol. The average Bonchev–Trinajstić information content (AvgIpc) is 3.46. The Kier molecular flexibility index (Phi) is 5.97. The van der Waals surface area contributed by atoms with Gasteiger partial charge in [-0.15, -0.1) is 0 Å². The van der Waals surface area contributed by atoms with Gasteiger partial charge in [0, 0.05) is 11.7 Å². The Bertz CT molecular complexity index is 1010. The monoisotopic (exact) mass is 399 g/mol. The summed E-state index contributed by atoms with van der Waals surface area (Å²) in [4.78, 5) is 12.3. The first-order valence-electron chi connectivity index (χ1n) is 8.89. The van der Waals surface area contributed by atoms with Crippen LogP contribution in [0.3, 0.4) is 0 Å². The minimum absolute atomic E-state index is 0.0406. The van der Waals surface area contributed by atoms with Crippen molar-refractivity contribution in [1.29, 1.82) is 5.26 Å². The highest BCUT2D eigenvalue weighted by Gasteiger charge is 2.28. The maximum absolute atomic E-state index is 12.2. The van der Waals surface area contributed by atoms with Crippen LogP contribution in [0.5, 0.6) is 5.75 Å². The van der Waals surface area contributed by atoms with Crippen molar-refractivity contribution in [2.24, 2.45) is 0 Å². The standard InChI is InChI=1S/C20H21N3O4S/c1-14-12-18(28(25,26)23-17-6-7-17)8-9-19(14)27-13-20(24)22-16-4-2-15(3-5-16)10-11-21/h2-5,8-9,12,17,23H,6-7,10,13H2,1H3,(H,22,24). The molecule has 28 heavy (non-hydrogen) atoms. The fraction of sp³-hybridized carbons (Fsp3) is 0.300. The third-order valence-corrected chi connectivity index (χ3v) is 5.75. The Morgan fingerprint density at radius 3 is 2.54 bits per heavy atom. The van der Waals surface area contributed by atoms with Crippen molar-refractivity contribution in [2.75, 3.05) is 11.9 Å². The van der Waals surface area contributed by atoms with Gasteiger partial charge in [-0.2, -0.15) is 5.26 Å². The topological polar surface area (TPSA) is 108 Å². The fourth-order valence-corrected chi connectivity index (χ4v) is 3.97. The van der Waals surface area contributed by atoms with Gasteiger partial charge in [0.15, 0.2) is 6.61 Å². The van der Waals surface area contributed by atoms with Gasteiger partial charge < -0.3 is 10.1 Å². The zero-order valence-electron chi connectivity index (χ0n) is 15.4. The van der Waals surface area contributed by atoms with Crippen molar-refractivity contribution < 1.29 is 17.9 Å². The zero-order chi connectivity index (χ0) is 20.1. The minimum atomic E-state index is -3.52. The predicted octanol–water partition coefficient (Wildman–Crippen LogP) is 2.52. The van der Waals surface area contributed by atoms with E-state index in [0.29, 0.717) is 23.4 Å². The first-order valence-corrected chi connectivity index (χ1v) is 10.4. The number of benzene rings is 2. The highest BCUT2D eigenvalue weighted by atomic mass is 32.2. The van der Waals surface area contributed by atoms with Crippen LogP contribution in [-0.2, 0) is 21.2 Å². The van der Waals surface area contributed by atoms with Crippen LogP contribution in [0.15, 0.2) is 47.4 Å².